The van der Waals surface area contributed by atoms with Gasteiger partial charge in [-0.3, -0.25) is 14.4 Å². The van der Waals surface area contributed by atoms with Crippen molar-refractivity contribution in [1.29, 1.82) is 0 Å². The van der Waals surface area contributed by atoms with E-state index < -0.39 is 22.7 Å². The molecule has 2 saturated carbocycles. The topological polar surface area (TPSA) is 98.2 Å². The number of alkyl halides is 4. The van der Waals surface area contributed by atoms with E-state index in [-0.39, 0.29) is 118 Å². The number of Topliss-reactive ketones (excluding diaryl/α,β-unsaturated/α-hetero) is 1. The van der Waals surface area contributed by atoms with Crippen LogP contribution in [0.4, 0.5) is 17.6 Å². The molecule has 2 aromatic rings. The first kappa shape index (κ1) is 43.4. The molecule has 0 radical (unpaired) electrons. The minimum absolute atomic E-state index is 0. The molecule has 2 aliphatic rings. The Balaban J connectivity index is 0. The molecule has 0 aromatic carbocycles. The quantitative estimate of drug-likeness (QED) is 0.206. The molecule has 0 bridgehead atoms. The number of ketones is 1. The van der Waals surface area contributed by atoms with Crippen LogP contribution < -0.4 is 17.0 Å². The second-order valence-electron chi connectivity index (χ2n) is 10.5. The van der Waals surface area contributed by atoms with Gasteiger partial charge in [0.15, 0.2) is 0 Å². The van der Waals surface area contributed by atoms with Gasteiger partial charge < -0.3 is 24.4 Å². The average Bonchev–Trinajstić information content (AvgIpc) is 2.90. The summed E-state index contributed by atoms with van der Waals surface area (Å²) in [6.45, 7) is 4.94. The number of amides is 1. The zero-order valence-corrected chi connectivity index (χ0v) is 28.0. The van der Waals surface area contributed by atoms with Crippen LogP contribution in [0.2, 0.25) is 0 Å². The first-order chi connectivity index (χ1) is 18.2. The summed E-state index contributed by atoms with van der Waals surface area (Å²) >= 11 is 0. The zero-order chi connectivity index (χ0) is 29.1. The van der Waals surface area contributed by atoms with Crippen LogP contribution in [0.3, 0.4) is 0 Å². The van der Waals surface area contributed by atoms with Crippen molar-refractivity contribution >= 4 is 34.7 Å². The molecular weight excluding hydrogens is 647 g/mol. The van der Waals surface area contributed by atoms with Crippen LogP contribution in [0.25, 0.3) is 0 Å². The molecule has 0 N–H and O–H groups in total. The number of nitrogens with zero attached hydrogens (tertiary/aromatic N) is 5. The third kappa shape index (κ3) is 10.1. The summed E-state index contributed by atoms with van der Waals surface area (Å²) in [7, 11) is 2.85. The van der Waals surface area contributed by atoms with Crippen molar-refractivity contribution < 1.29 is 49.0 Å². The molecule has 2 aliphatic carbocycles. The average molecular weight is 689 g/mol. The number of rotatable bonds is 5. The molecule has 0 saturated heterocycles. The third-order valence-corrected chi connectivity index (χ3v) is 7.98. The van der Waals surface area contributed by atoms with Crippen LogP contribution in [0.5, 0.6) is 0 Å². The summed E-state index contributed by atoms with van der Waals surface area (Å²) in [6, 6.07) is 0. The Labute approximate surface area is 279 Å². The fraction of sp³-hybridized carbons (Fsp3) is 0.621. The molecular formula is C29H42BrF4MgN5O3. The maximum absolute atomic E-state index is 13.5. The first-order valence-electron chi connectivity index (χ1n) is 12.8. The molecule has 43 heavy (non-hydrogen) atoms. The van der Waals surface area contributed by atoms with E-state index in [1.807, 2.05) is 0 Å². The number of aromatic nitrogens is 4. The van der Waals surface area contributed by atoms with Crippen LogP contribution in [0, 0.1) is 21.3 Å². The largest absolute Gasteiger partial charge is 2.00 e. The minimum atomic E-state index is -2.72. The van der Waals surface area contributed by atoms with Crippen molar-refractivity contribution in [3.05, 3.63) is 55.0 Å². The summed E-state index contributed by atoms with van der Waals surface area (Å²) in [4.78, 5) is 45.8. The van der Waals surface area contributed by atoms with Gasteiger partial charge in [-0.2, -0.15) is 0 Å². The summed E-state index contributed by atoms with van der Waals surface area (Å²) in [5.41, 5.74) is -0.635. The molecule has 4 rings (SSSR count). The van der Waals surface area contributed by atoms with Gasteiger partial charge >= 0.3 is 23.1 Å². The van der Waals surface area contributed by atoms with Gasteiger partial charge in [-0.15, -0.1) is 0 Å². The monoisotopic (exact) mass is 687 g/mol. The second kappa shape index (κ2) is 17.1. The predicted molar refractivity (Wildman–Crippen MR) is 153 cm³/mol. The van der Waals surface area contributed by atoms with Crippen LogP contribution >= 0.6 is 0 Å². The van der Waals surface area contributed by atoms with Crippen LogP contribution in [0.15, 0.2) is 24.8 Å². The number of hydrogen-bond donors (Lipinski definition) is 0. The van der Waals surface area contributed by atoms with Crippen molar-refractivity contribution in [2.45, 2.75) is 102 Å². The SMILES string of the molecule is C.CC(=O)C1(c2cnc(C)nc2)CCC(F)(F)CC1.CON(C)C(=O)C1(c2cnc(C)nc2)CCC(F)(F)CC1.[Br-].[CH3-].[Mg+2]. The van der Waals surface area contributed by atoms with Gasteiger partial charge in [0, 0.05) is 68.6 Å². The maximum Gasteiger partial charge on any atom is 2.00 e. The van der Waals surface area contributed by atoms with Gasteiger partial charge in [0.1, 0.15) is 17.4 Å². The van der Waals surface area contributed by atoms with E-state index in [4.69, 9.17) is 4.84 Å². The number of likely N-dealkylation sites (N-methyl/N-ethyl adjacent to an activating group) is 1. The molecule has 0 aliphatic heterocycles. The Morgan fingerprint density at radius 3 is 1.35 bits per heavy atom. The van der Waals surface area contributed by atoms with E-state index in [1.165, 1.54) is 21.1 Å². The first-order valence-corrected chi connectivity index (χ1v) is 12.8. The number of carbonyl (C=O) groups excluding carboxylic acids is 2. The third-order valence-electron chi connectivity index (χ3n) is 7.98. The van der Waals surface area contributed by atoms with Gasteiger partial charge in [0.25, 0.3) is 5.91 Å². The second-order valence-corrected chi connectivity index (χ2v) is 10.5. The van der Waals surface area contributed by atoms with Gasteiger partial charge in [-0.25, -0.2) is 42.6 Å². The Morgan fingerprint density at radius 1 is 0.744 bits per heavy atom. The van der Waals surface area contributed by atoms with Crippen molar-refractivity contribution in [1.82, 2.24) is 25.0 Å². The molecule has 0 atom stereocenters. The van der Waals surface area contributed by atoms with E-state index in [0.29, 0.717) is 22.8 Å². The predicted octanol–water partition coefficient (Wildman–Crippen LogP) is 2.78. The Hall–Kier alpha value is -1.77. The molecule has 0 unspecified atom stereocenters. The summed E-state index contributed by atoms with van der Waals surface area (Å²) in [6.07, 6.45) is 5.57. The van der Waals surface area contributed by atoms with Crippen LogP contribution in [-0.4, -0.2) is 85.7 Å². The molecule has 14 heteroatoms. The number of carbonyl (C=O) groups is 2. The molecule has 2 aromatic heterocycles. The molecule has 8 nitrogen and oxygen atoms in total. The standard InChI is InChI=1S/C14H19F2N3O2.C13H16F2N2O.CH4.CH3.BrH.Mg/c1-10-17-8-11(9-18-10)13(12(20)19(2)21-3)4-6-14(15,16)7-5-13;1-9(18)12(3-5-13(14,15)6-4-12)11-7-16-10(2)17-8-11;;;;/h8-9H,4-7H2,1-3H3;7-8H,3-6H2,1-2H3;1H4;1H3;1H;/q;;;-1;;+2/p-1. The van der Waals surface area contributed by atoms with Crippen molar-refractivity contribution in [2.75, 3.05) is 14.2 Å². The fourth-order valence-electron chi connectivity index (χ4n) is 5.22. The van der Waals surface area contributed by atoms with Crippen LogP contribution in [-0.2, 0) is 25.3 Å². The Kier molecular flexibility index (Phi) is 17.2. The number of hydroxylamine groups is 2. The number of halogens is 5. The summed E-state index contributed by atoms with van der Waals surface area (Å²) < 4.78 is 53.5. The van der Waals surface area contributed by atoms with E-state index >= 15 is 0 Å². The smallest absolute Gasteiger partial charge is 1.00 e. The molecule has 2 heterocycles. The van der Waals surface area contributed by atoms with E-state index in [1.54, 1.807) is 38.6 Å². The van der Waals surface area contributed by atoms with E-state index in [9.17, 15) is 27.2 Å². The van der Waals surface area contributed by atoms with Crippen molar-refractivity contribution in [3.63, 3.8) is 0 Å². The van der Waals surface area contributed by atoms with Gasteiger partial charge in [0.05, 0.1) is 17.9 Å². The maximum atomic E-state index is 13.5. The Morgan fingerprint density at radius 2 is 1.05 bits per heavy atom. The number of aryl methyl sites for hydroxylation is 2. The molecule has 0 spiro atoms. The molecule has 1 amide bonds. The minimum Gasteiger partial charge on any atom is -1.00 e. The van der Waals surface area contributed by atoms with Gasteiger partial charge in [-0.05, 0) is 46.5 Å². The fourth-order valence-corrected chi connectivity index (χ4v) is 5.22. The summed E-state index contributed by atoms with van der Waals surface area (Å²) in [5, 5.41) is 1.09. The normalized spacial score (nSPS) is 18.8. The zero-order valence-electron chi connectivity index (χ0n) is 25.0. The van der Waals surface area contributed by atoms with E-state index in [0.717, 1.165) is 5.06 Å². The molecule has 2 fully saturated rings. The van der Waals surface area contributed by atoms with Gasteiger partial charge in [0.2, 0.25) is 11.8 Å². The van der Waals surface area contributed by atoms with Crippen molar-refractivity contribution in [2.24, 2.45) is 0 Å². The Bertz CT molecular complexity index is 1150. The summed E-state index contributed by atoms with van der Waals surface area (Å²) in [5.74, 6) is -4.61. The van der Waals surface area contributed by atoms with Gasteiger partial charge in [-0.1, -0.05) is 7.43 Å². The van der Waals surface area contributed by atoms with E-state index in [2.05, 4.69) is 19.9 Å². The van der Waals surface area contributed by atoms with Crippen molar-refractivity contribution in [3.8, 4) is 0 Å². The molecule has 238 valence electrons. The van der Waals surface area contributed by atoms with Crippen LogP contribution in [0.1, 0.15) is 88.5 Å². The number of hydrogen-bond acceptors (Lipinski definition) is 7.